The second-order valence-corrected chi connectivity index (χ2v) is 3.66. The first-order chi connectivity index (χ1) is 7.19. The molecule has 2 amide bonds. The molecule has 7 heteroatoms. The molecule has 4 N–H and O–H groups in total. The average molecular weight is 211 g/mol. The van der Waals surface area contributed by atoms with E-state index in [-0.39, 0.29) is 30.9 Å². The summed E-state index contributed by atoms with van der Waals surface area (Å²) in [5.41, 5.74) is 2.43. The van der Waals surface area contributed by atoms with Gasteiger partial charge in [-0.1, -0.05) is 0 Å². The summed E-state index contributed by atoms with van der Waals surface area (Å²) in [4.78, 5) is 28.0. The van der Waals surface area contributed by atoms with Crippen molar-refractivity contribution in [3.8, 4) is 0 Å². The highest BCUT2D eigenvalue weighted by atomic mass is 16.2. The topological polar surface area (TPSA) is 99.8 Å². The lowest BCUT2D eigenvalue weighted by atomic mass is 10.3. The van der Waals surface area contributed by atoms with Gasteiger partial charge in [0.1, 0.15) is 13.1 Å². The molecule has 1 saturated carbocycles. The van der Waals surface area contributed by atoms with Crippen molar-refractivity contribution in [3.63, 3.8) is 0 Å². The molecule has 2 rings (SSSR count). The van der Waals surface area contributed by atoms with E-state index in [0.29, 0.717) is 5.96 Å². The monoisotopic (exact) mass is 211 g/mol. The molecule has 1 aliphatic carbocycles. The van der Waals surface area contributed by atoms with E-state index < -0.39 is 0 Å². The molecule has 2 fully saturated rings. The van der Waals surface area contributed by atoms with Crippen molar-refractivity contribution in [2.24, 2.45) is 10.8 Å². The number of nitrogens with two attached hydrogens (primary N) is 1. The molecule has 2 aliphatic rings. The minimum absolute atomic E-state index is 0.113. The molecule has 0 spiro atoms. The normalized spacial score (nSPS) is 22.7. The number of hydrazine groups is 1. The average Bonchev–Trinajstić information content (AvgIpc) is 2.96. The van der Waals surface area contributed by atoms with Crippen LogP contribution in [0.15, 0.2) is 4.99 Å². The van der Waals surface area contributed by atoms with Crippen LogP contribution in [0.3, 0.4) is 0 Å². The highest BCUT2D eigenvalue weighted by Crippen LogP contribution is 2.23. The molecular weight excluding hydrogens is 198 g/mol. The van der Waals surface area contributed by atoms with Crippen LogP contribution in [0.25, 0.3) is 0 Å². The molecule has 1 heterocycles. The van der Waals surface area contributed by atoms with Gasteiger partial charge in [-0.3, -0.25) is 20.3 Å². The van der Waals surface area contributed by atoms with Gasteiger partial charge >= 0.3 is 0 Å². The Morgan fingerprint density at radius 1 is 1.40 bits per heavy atom. The summed E-state index contributed by atoms with van der Waals surface area (Å²) >= 11 is 0. The fraction of sp³-hybridized carbons (Fsp3) is 0.625. The zero-order valence-corrected chi connectivity index (χ0v) is 8.19. The van der Waals surface area contributed by atoms with E-state index in [0.717, 1.165) is 12.8 Å². The third-order valence-electron chi connectivity index (χ3n) is 2.23. The number of amides is 2. The number of nitrogens with zero attached hydrogens (tertiary/aromatic N) is 2. The number of carbonyl (C=O) groups is 2. The molecule has 0 atom stereocenters. The van der Waals surface area contributed by atoms with Crippen LogP contribution in [0.2, 0.25) is 0 Å². The number of hydrogen-bond acceptors (Lipinski definition) is 4. The van der Waals surface area contributed by atoms with Gasteiger partial charge in [-0.05, 0) is 12.8 Å². The molecule has 1 aliphatic heterocycles. The van der Waals surface area contributed by atoms with Gasteiger partial charge in [0.05, 0.1) is 6.04 Å². The minimum Gasteiger partial charge on any atom is -0.323 e. The number of piperazine rings is 1. The minimum atomic E-state index is -0.329. The first-order valence-corrected chi connectivity index (χ1v) is 4.81. The molecule has 15 heavy (non-hydrogen) atoms. The molecule has 0 radical (unpaired) electrons. The number of rotatable bonds is 1. The fourth-order valence-electron chi connectivity index (χ4n) is 1.37. The second kappa shape index (κ2) is 3.85. The predicted octanol–water partition coefficient (Wildman–Crippen LogP) is -2.07. The van der Waals surface area contributed by atoms with Gasteiger partial charge in [-0.25, -0.2) is 10.8 Å². The van der Waals surface area contributed by atoms with Gasteiger partial charge in [-0.2, -0.15) is 0 Å². The molecule has 0 aromatic heterocycles. The molecule has 82 valence electrons. The summed E-state index contributed by atoms with van der Waals surface area (Å²) in [7, 11) is 0. The van der Waals surface area contributed by atoms with Crippen molar-refractivity contribution in [3.05, 3.63) is 0 Å². The third-order valence-corrected chi connectivity index (χ3v) is 2.23. The van der Waals surface area contributed by atoms with Crippen molar-refractivity contribution in [1.82, 2.24) is 15.6 Å². The number of aliphatic imine (C=N–C) groups is 1. The smallest absolute Gasteiger partial charge is 0.246 e. The van der Waals surface area contributed by atoms with Gasteiger partial charge in [-0.15, -0.1) is 0 Å². The zero-order valence-electron chi connectivity index (χ0n) is 8.19. The van der Waals surface area contributed by atoms with Gasteiger partial charge in [0.25, 0.3) is 0 Å². The maximum absolute atomic E-state index is 11.1. The highest BCUT2D eigenvalue weighted by Gasteiger charge is 2.27. The van der Waals surface area contributed by atoms with E-state index in [9.17, 15) is 9.59 Å². The Balaban J connectivity index is 2.06. The van der Waals surface area contributed by atoms with E-state index in [1.165, 1.54) is 0 Å². The molecule has 0 aromatic carbocycles. The first kappa shape index (κ1) is 9.91. The Kier molecular flexibility index (Phi) is 2.55. The Morgan fingerprint density at radius 2 is 2.00 bits per heavy atom. The largest absolute Gasteiger partial charge is 0.323 e. The quantitative estimate of drug-likeness (QED) is 0.152. The van der Waals surface area contributed by atoms with Crippen molar-refractivity contribution in [2.45, 2.75) is 18.9 Å². The van der Waals surface area contributed by atoms with Crippen LogP contribution in [-0.4, -0.2) is 41.8 Å². The number of guanidine groups is 1. The van der Waals surface area contributed by atoms with Crippen LogP contribution in [0, 0.1) is 0 Å². The van der Waals surface area contributed by atoms with Gasteiger partial charge in [0, 0.05) is 0 Å². The summed E-state index contributed by atoms with van der Waals surface area (Å²) in [6.07, 6.45) is 2.08. The van der Waals surface area contributed by atoms with Crippen LogP contribution in [0.5, 0.6) is 0 Å². The van der Waals surface area contributed by atoms with Crippen molar-refractivity contribution in [2.75, 3.05) is 13.1 Å². The van der Waals surface area contributed by atoms with Gasteiger partial charge in [0.2, 0.25) is 17.8 Å². The van der Waals surface area contributed by atoms with Crippen molar-refractivity contribution >= 4 is 17.8 Å². The first-order valence-electron chi connectivity index (χ1n) is 4.81. The summed E-state index contributed by atoms with van der Waals surface area (Å²) in [6, 6.07) is 0.288. The fourth-order valence-corrected chi connectivity index (χ4v) is 1.37. The molecular formula is C8H13N5O2. The lowest BCUT2D eigenvalue weighted by Gasteiger charge is -2.27. The van der Waals surface area contributed by atoms with Crippen LogP contribution in [-0.2, 0) is 9.59 Å². The standard InChI is InChI=1S/C8H13N5O2/c9-12-8(10-5-1-2-5)13-3-6(14)11-7(15)4-13/h5H,1-4,9H2,(H,10,12)(H,11,14,15). The van der Waals surface area contributed by atoms with Gasteiger partial charge in [0.15, 0.2) is 0 Å². The summed E-state index contributed by atoms with van der Waals surface area (Å²) < 4.78 is 0. The van der Waals surface area contributed by atoms with Crippen LogP contribution < -0.4 is 16.6 Å². The summed E-state index contributed by atoms with van der Waals surface area (Å²) in [5, 5.41) is 2.21. The van der Waals surface area contributed by atoms with Crippen molar-refractivity contribution < 1.29 is 9.59 Å². The zero-order chi connectivity index (χ0) is 10.8. The third kappa shape index (κ3) is 2.44. The van der Waals surface area contributed by atoms with Gasteiger partial charge < -0.3 is 4.90 Å². The Morgan fingerprint density at radius 3 is 2.47 bits per heavy atom. The number of imide groups is 1. The molecule has 1 saturated heterocycles. The lowest BCUT2D eigenvalue weighted by molar-refractivity contribution is -0.134. The summed E-state index contributed by atoms with van der Waals surface area (Å²) in [6.45, 7) is 0.225. The maximum atomic E-state index is 11.1. The van der Waals surface area contributed by atoms with E-state index in [4.69, 9.17) is 5.84 Å². The second-order valence-electron chi connectivity index (χ2n) is 3.66. The summed E-state index contributed by atoms with van der Waals surface area (Å²) in [5.74, 6) is 5.07. The SMILES string of the molecule is NNC(=NC1CC1)N1CC(=O)NC(=O)C1. The van der Waals surface area contributed by atoms with E-state index in [1.807, 2.05) is 0 Å². The Bertz CT molecular complexity index is 307. The maximum Gasteiger partial charge on any atom is 0.246 e. The van der Waals surface area contributed by atoms with Crippen LogP contribution >= 0.6 is 0 Å². The highest BCUT2D eigenvalue weighted by molar-refractivity contribution is 6.02. The number of nitrogens with one attached hydrogen (secondary N) is 2. The molecule has 0 unspecified atom stereocenters. The van der Waals surface area contributed by atoms with E-state index in [2.05, 4.69) is 15.7 Å². The number of hydrogen-bond donors (Lipinski definition) is 3. The lowest BCUT2D eigenvalue weighted by Crippen LogP contribution is -2.57. The molecule has 0 bridgehead atoms. The van der Waals surface area contributed by atoms with Crippen LogP contribution in [0.4, 0.5) is 0 Å². The molecule has 7 nitrogen and oxygen atoms in total. The number of carbonyl (C=O) groups excluding carboxylic acids is 2. The van der Waals surface area contributed by atoms with Crippen LogP contribution in [0.1, 0.15) is 12.8 Å². The van der Waals surface area contributed by atoms with Crippen molar-refractivity contribution in [1.29, 1.82) is 0 Å². The van der Waals surface area contributed by atoms with E-state index in [1.54, 1.807) is 4.90 Å². The Labute approximate surface area is 86.7 Å². The predicted molar refractivity (Wildman–Crippen MR) is 52.5 cm³/mol. The van der Waals surface area contributed by atoms with E-state index >= 15 is 0 Å². The molecule has 0 aromatic rings. The Hall–Kier alpha value is -1.63.